The Balaban J connectivity index is 1.84. The standard InChI is InChI=1S/C14H20O5/c1-15-11-8-12(16-2)10-13(9-11)17-7-4-14-18-5-3-6-19-14/h8-10,14H,3-7H2,1-2H3. The van der Waals surface area contributed by atoms with Gasteiger partial charge in [0.05, 0.1) is 34.0 Å². The van der Waals surface area contributed by atoms with Crippen LogP contribution in [0.15, 0.2) is 18.2 Å². The van der Waals surface area contributed by atoms with E-state index in [-0.39, 0.29) is 6.29 Å². The predicted molar refractivity (Wildman–Crippen MR) is 70.0 cm³/mol. The normalized spacial score (nSPS) is 16.1. The molecule has 0 unspecified atom stereocenters. The smallest absolute Gasteiger partial charge is 0.160 e. The molecule has 5 nitrogen and oxygen atoms in total. The first-order valence-corrected chi connectivity index (χ1v) is 6.41. The third-order valence-electron chi connectivity index (χ3n) is 2.84. The van der Waals surface area contributed by atoms with Gasteiger partial charge in [0.1, 0.15) is 17.2 Å². The summed E-state index contributed by atoms with van der Waals surface area (Å²) in [6, 6.07) is 5.45. The van der Waals surface area contributed by atoms with Crippen LogP contribution in [-0.2, 0) is 9.47 Å². The van der Waals surface area contributed by atoms with Crippen molar-refractivity contribution in [2.24, 2.45) is 0 Å². The average Bonchev–Trinajstić information content (AvgIpc) is 2.48. The van der Waals surface area contributed by atoms with E-state index in [1.165, 1.54) is 0 Å². The highest BCUT2D eigenvalue weighted by Crippen LogP contribution is 2.27. The van der Waals surface area contributed by atoms with E-state index < -0.39 is 0 Å². The van der Waals surface area contributed by atoms with Crippen LogP contribution in [-0.4, -0.2) is 40.3 Å². The fraction of sp³-hybridized carbons (Fsp3) is 0.571. The van der Waals surface area contributed by atoms with Crippen LogP contribution in [0.3, 0.4) is 0 Å². The third kappa shape index (κ3) is 4.29. The van der Waals surface area contributed by atoms with E-state index in [1.807, 2.05) is 12.1 Å². The Hall–Kier alpha value is -1.46. The first kappa shape index (κ1) is 14.0. The lowest BCUT2D eigenvalue weighted by Crippen LogP contribution is -2.26. The molecule has 19 heavy (non-hydrogen) atoms. The summed E-state index contributed by atoms with van der Waals surface area (Å²) in [6.45, 7) is 2.05. The molecule has 0 N–H and O–H groups in total. The van der Waals surface area contributed by atoms with Crippen LogP contribution in [0.25, 0.3) is 0 Å². The Labute approximate surface area is 113 Å². The molecule has 0 aromatic heterocycles. The zero-order valence-electron chi connectivity index (χ0n) is 11.4. The molecule has 0 aliphatic carbocycles. The van der Waals surface area contributed by atoms with Crippen LogP contribution in [0.5, 0.6) is 17.2 Å². The second kappa shape index (κ2) is 7.21. The summed E-state index contributed by atoms with van der Waals surface area (Å²) in [5, 5.41) is 0. The van der Waals surface area contributed by atoms with Gasteiger partial charge >= 0.3 is 0 Å². The minimum atomic E-state index is -0.152. The monoisotopic (exact) mass is 268 g/mol. The molecule has 1 saturated heterocycles. The molecule has 1 aliphatic rings. The van der Waals surface area contributed by atoms with E-state index in [4.69, 9.17) is 23.7 Å². The zero-order valence-corrected chi connectivity index (χ0v) is 11.4. The molecule has 0 amide bonds. The van der Waals surface area contributed by atoms with Crippen molar-refractivity contribution in [2.75, 3.05) is 34.0 Å². The van der Waals surface area contributed by atoms with Crippen LogP contribution in [0.4, 0.5) is 0 Å². The van der Waals surface area contributed by atoms with Crippen molar-refractivity contribution in [1.82, 2.24) is 0 Å². The van der Waals surface area contributed by atoms with Gasteiger partial charge in [-0.3, -0.25) is 0 Å². The second-order valence-electron chi connectivity index (χ2n) is 4.21. The fourth-order valence-corrected chi connectivity index (χ4v) is 1.84. The molecule has 2 rings (SSSR count). The highest BCUT2D eigenvalue weighted by molar-refractivity contribution is 5.41. The Morgan fingerprint density at radius 2 is 1.58 bits per heavy atom. The second-order valence-corrected chi connectivity index (χ2v) is 4.21. The van der Waals surface area contributed by atoms with Crippen LogP contribution >= 0.6 is 0 Å². The van der Waals surface area contributed by atoms with Crippen molar-refractivity contribution in [3.8, 4) is 17.2 Å². The lowest BCUT2D eigenvalue weighted by molar-refractivity contribution is -0.183. The molecular weight excluding hydrogens is 248 g/mol. The van der Waals surface area contributed by atoms with Crippen molar-refractivity contribution in [3.05, 3.63) is 18.2 Å². The SMILES string of the molecule is COc1cc(OC)cc(OCCC2OCCCO2)c1. The van der Waals surface area contributed by atoms with Crippen molar-refractivity contribution in [3.63, 3.8) is 0 Å². The lowest BCUT2D eigenvalue weighted by Gasteiger charge is -2.23. The maximum absolute atomic E-state index is 5.67. The minimum Gasteiger partial charge on any atom is -0.496 e. The van der Waals surface area contributed by atoms with Crippen LogP contribution < -0.4 is 14.2 Å². The van der Waals surface area contributed by atoms with E-state index in [9.17, 15) is 0 Å². The van der Waals surface area contributed by atoms with E-state index in [2.05, 4.69) is 0 Å². The molecule has 0 bridgehead atoms. The van der Waals surface area contributed by atoms with Crippen LogP contribution in [0, 0.1) is 0 Å². The summed E-state index contributed by atoms with van der Waals surface area (Å²) in [6.07, 6.45) is 1.52. The molecular formula is C14H20O5. The predicted octanol–water partition coefficient (Wildman–Crippen LogP) is 2.24. The first-order valence-electron chi connectivity index (χ1n) is 6.41. The van der Waals surface area contributed by atoms with Gasteiger partial charge in [-0.05, 0) is 6.42 Å². The molecule has 106 valence electrons. The molecule has 5 heteroatoms. The summed E-state index contributed by atoms with van der Waals surface area (Å²) < 4.78 is 27.0. The molecule has 0 atom stereocenters. The van der Waals surface area contributed by atoms with Gasteiger partial charge in [-0.15, -0.1) is 0 Å². The van der Waals surface area contributed by atoms with Gasteiger partial charge in [0.15, 0.2) is 6.29 Å². The quantitative estimate of drug-likeness (QED) is 0.791. The zero-order chi connectivity index (χ0) is 13.5. The molecule has 0 radical (unpaired) electrons. The summed E-state index contributed by atoms with van der Waals surface area (Å²) in [5.41, 5.74) is 0. The van der Waals surface area contributed by atoms with Gasteiger partial charge in [0, 0.05) is 24.6 Å². The summed E-state index contributed by atoms with van der Waals surface area (Å²) in [7, 11) is 3.23. The Kier molecular flexibility index (Phi) is 5.30. The summed E-state index contributed by atoms with van der Waals surface area (Å²) in [4.78, 5) is 0. The number of hydrogen-bond acceptors (Lipinski definition) is 5. The van der Waals surface area contributed by atoms with Crippen LogP contribution in [0.1, 0.15) is 12.8 Å². The first-order chi connectivity index (χ1) is 9.31. The highest BCUT2D eigenvalue weighted by atomic mass is 16.7. The molecule has 1 aromatic carbocycles. The van der Waals surface area contributed by atoms with Crippen molar-refractivity contribution >= 4 is 0 Å². The van der Waals surface area contributed by atoms with Gasteiger partial charge in [-0.25, -0.2) is 0 Å². The van der Waals surface area contributed by atoms with Crippen molar-refractivity contribution in [2.45, 2.75) is 19.1 Å². The van der Waals surface area contributed by atoms with Gasteiger partial charge in [-0.1, -0.05) is 0 Å². The van der Waals surface area contributed by atoms with Gasteiger partial charge in [0.25, 0.3) is 0 Å². The maximum Gasteiger partial charge on any atom is 0.160 e. The number of ether oxygens (including phenoxy) is 5. The maximum atomic E-state index is 5.67. The molecule has 1 heterocycles. The number of hydrogen-bond donors (Lipinski definition) is 0. The average molecular weight is 268 g/mol. The van der Waals surface area contributed by atoms with E-state index >= 15 is 0 Å². The van der Waals surface area contributed by atoms with Crippen molar-refractivity contribution < 1.29 is 23.7 Å². The van der Waals surface area contributed by atoms with Gasteiger partial charge < -0.3 is 23.7 Å². The van der Waals surface area contributed by atoms with Crippen LogP contribution in [0.2, 0.25) is 0 Å². The fourth-order valence-electron chi connectivity index (χ4n) is 1.84. The van der Waals surface area contributed by atoms with Gasteiger partial charge in [0.2, 0.25) is 0 Å². The molecule has 1 aliphatic heterocycles. The Morgan fingerprint density at radius 1 is 1.00 bits per heavy atom. The number of rotatable bonds is 6. The summed E-state index contributed by atoms with van der Waals surface area (Å²) >= 11 is 0. The topological polar surface area (TPSA) is 46.2 Å². The number of benzene rings is 1. The minimum absolute atomic E-state index is 0.152. The lowest BCUT2D eigenvalue weighted by atomic mass is 10.3. The van der Waals surface area contributed by atoms with Crippen molar-refractivity contribution in [1.29, 1.82) is 0 Å². The van der Waals surface area contributed by atoms with E-state index in [0.717, 1.165) is 19.6 Å². The van der Waals surface area contributed by atoms with Gasteiger partial charge in [-0.2, -0.15) is 0 Å². The highest BCUT2D eigenvalue weighted by Gasteiger charge is 2.14. The van der Waals surface area contributed by atoms with E-state index in [0.29, 0.717) is 30.3 Å². The summed E-state index contributed by atoms with van der Waals surface area (Å²) in [5.74, 6) is 2.13. The third-order valence-corrected chi connectivity index (χ3v) is 2.84. The molecule has 0 saturated carbocycles. The number of methoxy groups -OCH3 is 2. The van der Waals surface area contributed by atoms with E-state index in [1.54, 1.807) is 20.3 Å². The Bertz CT molecular complexity index is 365. The molecule has 1 aromatic rings. The molecule has 1 fully saturated rings. The molecule has 0 spiro atoms. The largest absolute Gasteiger partial charge is 0.496 e. The Morgan fingerprint density at radius 3 is 2.16 bits per heavy atom.